The third kappa shape index (κ3) is 3.82. The molecular formula is C13H16ClNO4S. The average Bonchev–Trinajstić information content (AvgIpc) is 2.38. The number of nitrogens with zero attached hydrogens (tertiary/aromatic N) is 1. The number of hydrogen-bond acceptors (Lipinski definition) is 3. The Kier molecular flexibility index (Phi) is 5.74. The molecule has 1 N–H and O–H groups in total. The summed E-state index contributed by atoms with van der Waals surface area (Å²) >= 11 is 5.88. The standard InChI is InChI=1S/C13H16ClNO4S/c1-3-4-5-8-15(2)20(18,19)12-9-10(13(16)17)6-7-11(12)14/h3,6-7,9H,1,4-5,8H2,2H3,(H,16,17). The van der Waals surface area contributed by atoms with Crippen LogP contribution in [0.2, 0.25) is 5.02 Å². The third-order valence-electron chi connectivity index (χ3n) is 2.75. The topological polar surface area (TPSA) is 74.7 Å². The lowest BCUT2D eigenvalue weighted by atomic mass is 10.2. The first-order valence-electron chi connectivity index (χ1n) is 5.90. The monoisotopic (exact) mass is 317 g/mol. The van der Waals surface area contributed by atoms with Crippen molar-refractivity contribution in [2.45, 2.75) is 17.7 Å². The Bertz CT molecular complexity index is 613. The first-order chi connectivity index (χ1) is 9.30. The molecule has 0 spiro atoms. The number of benzene rings is 1. The van der Waals surface area contributed by atoms with Crippen LogP contribution in [-0.2, 0) is 10.0 Å². The van der Waals surface area contributed by atoms with Gasteiger partial charge in [-0.25, -0.2) is 17.5 Å². The second kappa shape index (κ2) is 6.88. The highest BCUT2D eigenvalue weighted by Crippen LogP contribution is 2.25. The van der Waals surface area contributed by atoms with Gasteiger partial charge in [-0.15, -0.1) is 6.58 Å². The minimum atomic E-state index is -3.80. The van der Waals surface area contributed by atoms with Crippen LogP contribution >= 0.6 is 11.6 Å². The molecule has 0 fully saturated rings. The summed E-state index contributed by atoms with van der Waals surface area (Å²) in [4.78, 5) is 10.7. The fourth-order valence-electron chi connectivity index (χ4n) is 1.58. The maximum absolute atomic E-state index is 12.3. The second-order valence-corrected chi connectivity index (χ2v) is 6.63. The normalized spacial score (nSPS) is 11.6. The fourth-order valence-corrected chi connectivity index (χ4v) is 3.29. The van der Waals surface area contributed by atoms with E-state index in [9.17, 15) is 13.2 Å². The van der Waals surface area contributed by atoms with Crippen LogP contribution in [0.15, 0.2) is 35.7 Å². The van der Waals surface area contributed by atoms with E-state index in [1.165, 1.54) is 19.2 Å². The van der Waals surface area contributed by atoms with Crippen molar-refractivity contribution >= 4 is 27.6 Å². The Balaban J connectivity index is 3.11. The molecule has 0 heterocycles. The summed E-state index contributed by atoms with van der Waals surface area (Å²) in [5.74, 6) is -1.20. The first-order valence-corrected chi connectivity index (χ1v) is 7.72. The highest BCUT2D eigenvalue weighted by atomic mass is 35.5. The van der Waals surface area contributed by atoms with Gasteiger partial charge in [0.15, 0.2) is 0 Å². The number of carbonyl (C=O) groups is 1. The zero-order chi connectivity index (χ0) is 15.3. The Hall–Kier alpha value is -1.37. The largest absolute Gasteiger partial charge is 0.478 e. The van der Waals surface area contributed by atoms with Crippen LogP contribution in [-0.4, -0.2) is 37.4 Å². The average molecular weight is 318 g/mol. The van der Waals surface area contributed by atoms with Crippen molar-refractivity contribution < 1.29 is 18.3 Å². The quantitative estimate of drug-likeness (QED) is 0.619. The maximum atomic E-state index is 12.3. The molecule has 0 aliphatic carbocycles. The second-order valence-electron chi connectivity index (χ2n) is 4.21. The summed E-state index contributed by atoms with van der Waals surface area (Å²) in [5, 5.41) is 8.92. The van der Waals surface area contributed by atoms with Crippen LogP contribution in [0.4, 0.5) is 0 Å². The Morgan fingerprint density at radius 3 is 2.70 bits per heavy atom. The molecule has 0 saturated heterocycles. The van der Waals surface area contributed by atoms with E-state index in [1.54, 1.807) is 6.08 Å². The van der Waals surface area contributed by atoms with E-state index in [0.717, 1.165) is 10.4 Å². The van der Waals surface area contributed by atoms with Gasteiger partial charge in [0.1, 0.15) is 4.90 Å². The summed E-state index contributed by atoms with van der Waals surface area (Å²) in [6.45, 7) is 3.88. The molecule has 0 aliphatic heterocycles. The van der Waals surface area contributed by atoms with Gasteiger partial charge < -0.3 is 5.11 Å². The van der Waals surface area contributed by atoms with Gasteiger partial charge in [0.25, 0.3) is 0 Å². The van der Waals surface area contributed by atoms with Gasteiger partial charge >= 0.3 is 5.97 Å². The van der Waals surface area contributed by atoms with Crippen molar-refractivity contribution in [3.05, 3.63) is 41.4 Å². The zero-order valence-electron chi connectivity index (χ0n) is 11.0. The molecule has 0 aliphatic rings. The SMILES string of the molecule is C=CCCCN(C)S(=O)(=O)c1cc(C(=O)O)ccc1Cl. The van der Waals surface area contributed by atoms with Crippen molar-refractivity contribution in [1.82, 2.24) is 4.31 Å². The summed E-state index contributed by atoms with van der Waals surface area (Å²) < 4.78 is 25.8. The molecule has 0 bridgehead atoms. The van der Waals surface area contributed by atoms with Crippen LogP contribution in [0, 0.1) is 0 Å². The van der Waals surface area contributed by atoms with Crippen LogP contribution in [0.3, 0.4) is 0 Å². The van der Waals surface area contributed by atoms with Gasteiger partial charge in [0.05, 0.1) is 10.6 Å². The van der Waals surface area contributed by atoms with Gasteiger partial charge in [-0.2, -0.15) is 0 Å². The van der Waals surface area contributed by atoms with Crippen molar-refractivity contribution in [2.24, 2.45) is 0 Å². The fraction of sp³-hybridized carbons (Fsp3) is 0.308. The minimum absolute atomic E-state index is 0.00516. The van der Waals surface area contributed by atoms with Gasteiger partial charge in [-0.1, -0.05) is 17.7 Å². The Morgan fingerprint density at radius 2 is 2.15 bits per heavy atom. The molecule has 7 heteroatoms. The predicted molar refractivity (Wildman–Crippen MR) is 77.7 cm³/mol. The molecule has 110 valence electrons. The number of carboxylic acids is 1. The third-order valence-corrected chi connectivity index (χ3v) is 5.09. The molecule has 0 saturated carbocycles. The Morgan fingerprint density at radius 1 is 1.50 bits per heavy atom. The van der Waals surface area contributed by atoms with E-state index in [1.807, 2.05) is 0 Å². The molecule has 0 atom stereocenters. The summed E-state index contributed by atoms with van der Waals surface area (Å²) in [7, 11) is -2.37. The number of hydrogen-bond donors (Lipinski definition) is 1. The highest BCUT2D eigenvalue weighted by molar-refractivity contribution is 7.89. The Labute approximate surface area is 123 Å². The van der Waals surface area contributed by atoms with E-state index in [4.69, 9.17) is 16.7 Å². The maximum Gasteiger partial charge on any atom is 0.335 e. The minimum Gasteiger partial charge on any atom is -0.478 e. The highest BCUT2D eigenvalue weighted by Gasteiger charge is 2.24. The number of aromatic carboxylic acids is 1. The van der Waals surface area contributed by atoms with Crippen molar-refractivity contribution in [3.63, 3.8) is 0 Å². The molecule has 0 unspecified atom stereocenters. The van der Waals surface area contributed by atoms with Gasteiger partial charge in [0.2, 0.25) is 10.0 Å². The molecule has 5 nitrogen and oxygen atoms in total. The number of unbranched alkanes of at least 4 members (excludes halogenated alkanes) is 1. The van der Waals surface area contributed by atoms with E-state index >= 15 is 0 Å². The van der Waals surface area contributed by atoms with Crippen molar-refractivity contribution in [3.8, 4) is 0 Å². The molecule has 0 amide bonds. The molecule has 1 rings (SSSR count). The zero-order valence-corrected chi connectivity index (χ0v) is 12.6. The van der Waals surface area contributed by atoms with E-state index in [-0.39, 0.29) is 15.5 Å². The lowest BCUT2D eigenvalue weighted by Gasteiger charge is -2.17. The molecule has 1 aromatic carbocycles. The van der Waals surface area contributed by atoms with Crippen molar-refractivity contribution in [1.29, 1.82) is 0 Å². The van der Waals surface area contributed by atoms with Gasteiger partial charge in [-0.3, -0.25) is 0 Å². The van der Waals surface area contributed by atoms with Gasteiger partial charge in [0, 0.05) is 13.6 Å². The summed E-state index contributed by atoms with van der Waals surface area (Å²) in [6, 6.07) is 3.61. The molecule has 0 radical (unpaired) electrons. The summed E-state index contributed by atoms with van der Waals surface area (Å²) in [6.07, 6.45) is 3.04. The lowest BCUT2D eigenvalue weighted by Crippen LogP contribution is -2.28. The first kappa shape index (κ1) is 16.7. The number of allylic oxidation sites excluding steroid dienone is 1. The number of carboxylic acid groups (broad SMARTS) is 1. The van der Waals surface area contributed by atoms with Crippen LogP contribution in [0.5, 0.6) is 0 Å². The number of sulfonamides is 1. The summed E-state index contributed by atoms with van der Waals surface area (Å²) in [5.41, 5.74) is -0.118. The number of halogens is 1. The number of rotatable bonds is 7. The molecule has 20 heavy (non-hydrogen) atoms. The van der Waals surface area contributed by atoms with E-state index in [0.29, 0.717) is 19.4 Å². The van der Waals surface area contributed by atoms with Crippen LogP contribution in [0.25, 0.3) is 0 Å². The molecular weight excluding hydrogens is 302 g/mol. The van der Waals surface area contributed by atoms with E-state index in [2.05, 4.69) is 6.58 Å². The van der Waals surface area contributed by atoms with E-state index < -0.39 is 16.0 Å². The molecule has 1 aromatic rings. The van der Waals surface area contributed by atoms with Crippen LogP contribution < -0.4 is 0 Å². The molecule has 0 aromatic heterocycles. The van der Waals surface area contributed by atoms with Crippen LogP contribution in [0.1, 0.15) is 23.2 Å². The van der Waals surface area contributed by atoms with Gasteiger partial charge in [-0.05, 0) is 31.0 Å². The predicted octanol–water partition coefficient (Wildman–Crippen LogP) is 2.62. The smallest absolute Gasteiger partial charge is 0.335 e. The lowest BCUT2D eigenvalue weighted by molar-refractivity contribution is 0.0696. The van der Waals surface area contributed by atoms with Crippen molar-refractivity contribution in [2.75, 3.05) is 13.6 Å².